The van der Waals surface area contributed by atoms with Crippen LogP contribution < -0.4 is 10.6 Å². The molecule has 0 aliphatic carbocycles. The maximum Gasteiger partial charge on any atom is 0.245 e. The van der Waals surface area contributed by atoms with Crippen LogP contribution in [-0.2, 0) is 4.79 Å². The fourth-order valence-corrected chi connectivity index (χ4v) is 0.704. The van der Waals surface area contributed by atoms with Gasteiger partial charge in [0.25, 0.3) is 0 Å². The molecular formula is C7H16N2O2. The summed E-state index contributed by atoms with van der Waals surface area (Å²) in [6.45, 7) is 2.08. The lowest BCUT2D eigenvalue weighted by Crippen LogP contribution is -2.20. The van der Waals surface area contributed by atoms with Crippen molar-refractivity contribution in [3.63, 3.8) is 0 Å². The third-order valence-electron chi connectivity index (χ3n) is 1.38. The lowest BCUT2D eigenvalue weighted by atomic mass is 10.4. The number of carbonyl (C=O) groups excluding carboxylic acids is 1. The zero-order valence-corrected chi connectivity index (χ0v) is 6.89. The van der Waals surface area contributed by atoms with Crippen LogP contribution in [0.4, 0.5) is 0 Å². The summed E-state index contributed by atoms with van der Waals surface area (Å²) in [6, 6.07) is 0. The standard InChI is InChI=1S/C4H9N.C3H7NO2/c1-2-4-5-3-1;1-4-3(6)2-5/h5H,1-4H2;5H,2H2,1H3,(H,4,6). The summed E-state index contributed by atoms with van der Waals surface area (Å²) >= 11 is 0. The summed E-state index contributed by atoms with van der Waals surface area (Å²) in [7, 11) is 1.47. The number of amides is 1. The highest BCUT2D eigenvalue weighted by atomic mass is 16.3. The van der Waals surface area contributed by atoms with Crippen LogP contribution in [0.3, 0.4) is 0 Å². The fourth-order valence-electron chi connectivity index (χ4n) is 0.704. The van der Waals surface area contributed by atoms with E-state index in [1.54, 1.807) is 0 Å². The zero-order chi connectivity index (χ0) is 8.53. The lowest BCUT2D eigenvalue weighted by Gasteiger charge is -1.86. The number of aliphatic hydroxyl groups is 1. The molecule has 0 radical (unpaired) electrons. The lowest BCUT2D eigenvalue weighted by molar-refractivity contribution is -0.123. The molecule has 1 heterocycles. The summed E-state index contributed by atoms with van der Waals surface area (Å²) < 4.78 is 0. The minimum atomic E-state index is -0.420. The second-order valence-corrected chi connectivity index (χ2v) is 2.29. The SMILES string of the molecule is C1CCNC1.CNC(=O)CO. The number of aliphatic hydroxyl groups excluding tert-OH is 1. The average Bonchev–Trinajstić information content (AvgIpc) is 2.60. The van der Waals surface area contributed by atoms with E-state index in [0.29, 0.717) is 0 Å². The smallest absolute Gasteiger partial charge is 0.245 e. The van der Waals surface area contributed by atoms with Gasteiger partial charge >= 0.3 is 0 Å². The quantitative estimate of drug-likeness (QED) is 0.465. The van der Waals surface area contributed by atoms with Crippen molar-refractivity contribution in [3.05, 3.63) is 0 Å². The van der Waals surface area contributed by atoms with Crippen LogP contribution >= 0.6 is 0 Å². The van der Waals surface area contributed by atoms with Crippen LogP contribution in [0.25, 0.3) is 0 Å². The molecule has 0 spiro atoms. The highest BCUT2D eigenvalue weighted by Gasteiger charge is 1.93. The highest BCUT2D eigenvalue weighted by molar-refractivity contribution is 5.76. The van der Waals surface area contributed by atoms with Crippen LogP contribution in [-0.4, -0.2) is 37.8 Å². The minimum absolute atomic E-state index is 0.352. The molecule has 66 valence electrons. The highest BCUT2D eigenvalue weighted by Crippen LogP contribution is 1.90. The molecule has 4 heteroatoms. The predicted molar refractivity (Wildman–Crippen MR) is 43.3 cm³/mol. The summed E-state index contributed by atoms with van der Waals surface area (Å²) in [5, 5.41) is 13.4. The number of likely N-dealkylation sites (N-methyl/N-ethyl adjacent to an activating group) is 1. The summed E-state index contributed by atoms with van der Waals surface area (Å²) in [5.74, 6) is -0.352. The Labute approximate surface area is 67.0 Å². The molecule has 0 aromatic rings. The van der Waals surface area contributed by atoms with Gasteiger partial charge in [-0.1, -0.05) is 0 Å². The van der Waals surface area contributed by atoms with Gasteiger partial charge < -0.3 is 15.7 Å². The number of carbonyl (C=O) groups is 1. The molecule has 0 aromatic heterocycles. The van der Waals surface area contributed by atoms with Gasteiger partial charge in [-0.05, 0) is 25.9 Å². The van der Waals surface area contributed by atoms with Gasteiger partial charge in [-0.3, -0.25) is 4.79 Å². The first kappa shape index (κ1) is 10.4. The maximum absolute atomic E-state index is 9.82. The monoisotopic (exact) mass is 160 g/mol. The number of hydrogen-bond donors (Lipinski definition) is 3. The Hall–Kier alpha value is -0.610. The third kappa shape index (κ3) is 7.29. The summed E-state index contributed by atoms with van der Waals surface area (Å²) in [4.78, 5) is 9.82. The molecule has 0 unspecified atom stereocenters. The van der Waals surface area contributed by atoms with Gasteiger partial charge in [-0.25, -0.2) is 0 Å². The van der Waals surface area contributed by atoms with Crippen molar-refractivity contribution in [2.24, 2.45) is 0 Å². The number of hydrogen-bond acceptors (Lipinski definition) is 3. The Balaban J connectivity index is 0.000000183. The first-order valence-electron chi connectivity index (χ1n) is 3.83. The Morgan fingerprint density at radius 2 is 2.09 bits per heavy atom. The molecule has 0 aromatic carbocycles. The number of nitrogens with one attached hydrogen (secondary N) is 2. The molecule has 1 amide bonds. The van der Waals surface area contributed by atoms with Gasteiger partial charge in [0.15, 0.2) is 0 Å². The topological polar surface area (TPSA) is 61.4 Å². The van der Waals surface area contributed by atoms with Crippen molar-refractivity contribution < 1.29 is 9.90 Å². The Kier molecular flexibility index (Phi) is 7.08. The van der Waals surface area contributed by atoms with E-state index in [2.05, 4.69) is 10.6 Å². The van der Waals surface area contributed by atoms with Crippen molar-refractivity contribution in [2.75, 3.05) is 26.7 Å². The Morgan fingerprint density at radius 1 is 1.55 bits per heavy atom. The van der Waals surface area contributed by atoms with Crippen LogP contribution in [0.15, 0.2) is 0 Å². The molecule has 1 aliphatic heterocycles. The first-order valence-corrected chi connectivity index (χ1v) is 3.83. The molecule has 1 fully saturated rings. The van der Waals surface area contributed by atoms with Gasteiger partial charge in [0, 0.05) is 7.05 Å². The van der Waals surface area contributed by atoms with Crippen molar-refractivity contribution in [2.45, 2.75) is 12.8 Å². The van der Waals surface area contributed by atoms with E-state index in [4.69, 9.17) is 5.11 Å². The molecular weight excluding hydrogens is 144 g/mol. The number of rotatable bonds is 1. The van der Waals surface area contributed by atoms with Crippen molar-refractivity contribution in [1.82, 2.24) is 10.6 Å². The largest absolute Gasteiger partial charge is 0.387 e. The minimum Gasteiger partial charge on any atom is -0.387 e. The average molecular weight is 160 g/mol. The molecule has 3 N–H and O–H groups in total. The van der Waals surface area contributed by atoms with E-state index in [-0.39, 0.29) is 5.91 Å². The van der Waals surface area contributed by atoms with E-state index in [9.17, 15) is 4.79 Å². The van der Waals surface area contributed by atoms with Gasteiger partial charge in [-0.15, -0.1) is 0 Å². The molecule has 11 heavy (non-hydrogen) atoms. The van der Waals surface area contributed by atoms with Crippen LogP contribution in [0.2, 0.25) is 0 Å². The van der Waals surface area contributed by atoms with Gasteiger partial charge in [-0.2, -0.15) is 0 Å². The normalized spacial score (nSPS) is 15.1. The first-order chi connectivity index (χ1) is 5.31. The van der Waals surface area contributed by atoms with Gasteiger partial charge in [0.2, 0.25) is 5.91 Å². The fraction of sp³-hybridized carbons (Fsp3) is 0.857. The molecule has 1 rings (SSSR count). The molecule has 4 nitrogen and oxygen atoms in total. The van der Waals surface area contributed by atoms with E-state index in [0.717, 1.165) is 0 Å². The van der Waals surface area contributed by atoms with Gasteiger partial charge in [0.05, 0.1) is 0 Å². The predicted octanol–water partition coefficient (Wildman–Crippen LogP) is -0.905. The van der Waals surface area contributed by atoms with E-state index >= 15 is 0 Å². The Bertz CT molecular complexity index is 89.0. The van der Waals surface area contributed by atoms with Gasteiger partial charge in [0.1, 0.15) is 6.61 Å². The van der Waals surface area contributed by atoms with Crippen molar-refractivity contribution >= 4 is 5.91 Å². The zero-order valence-electron chi connectivity index (χ0n) is 6.89. The van der Waals surface area contributed by atoms with Crippen molar-refractivity contribution in [1.29, 1.82) is 0 Å². The van der Waals surface area contributed by atoms with Crippen LogP contribution in [0.5, 0.6) is 0 Å². The van der Waals surface area contributed by atoms with E-state index < -0.39 is 6.61 Å². The molecule has 0 saturated carbocycles. The molecule has 1 saturated heterocycles. The van der Waals surface area contributed by atoms with Crippen LogP contribution in [0, 0.1) is 0 Å². The van der Waals surface area contributed by atoms with Crippen molar-refractivity contribution in [3.8, 4) is 0 Å². The summed E-state index contributed by atoms with van der Waals surface area (Å²) in [5.41, 5.74) is 0. The summed E-state index contributed by atoms with van der Waals surface area (Å²) in [6.07, 6.45) is 2.78. The molecule has 0 atom stereocenters. The molecule has 0 bridgehead atoms. The van der Waals surface area contributed by atoms with Crippen LogP contribution in [0.1, 0.15) is 12.8 Å². The second-order valence-electron chi connectivity index (χ2n) is 2.29. The van der Waals surface area contributed by atoms with E-state index in [1.807, 2.05) is 0 Å². The maximum atomic E-state index is 9.82. The van der Waals surface area contributed by atoms with E-state index in [1.165, 1.54) is 33.0 Å². The molecule has 1 aliphatic rings. The second kappa shape index (κ2) is 7.50. The Morgan fingerprint density at radius 3 is 2.18 bits per heavy atom. The third-order valence-corrected chi connectivity index (χ3v) is 1.38.